The lowest BCUT2D eigenvalue weighted by molar-refractivity contribution is 0.240. The van der Waals surface area contributed by atoms with Crippen LogP contribution in [0.15, 0.2) is 42.5 Å². The Hall–Kier alpha value is -2.89. The quantitative estimate of drug-likeness (QED) is 0.819. The Morgan fingerprint density at radius 1 is 0.833 bits per heavy atom. The Labute approximate surface area is 141 Å². The van der Waals surface area contributed by atoms with Crippen LogP contribution in [0.5, 0.6) is 17.2 Å². The average Bonchev–Trinajstić information content (AvgIpc) is 2.64. The molecule has 0 aliphatic carbocycles. The van der Waals surface area contributed by atoms with Crippen molar-refractivity contribution >= 4 is 6.03 Å². The Kier molecular flexibility index (Phi) is 6.31. The van der Waals surface area contributed by atoms with Crippen molar-refractivity contribution < 1.29 is 19.0 Å². The van der Waals surface area contributed by atoms with Gasteiger partial charge in [-0.3, -0.25) is 0 Å². The fourth-order valence-electron chi connectivity index (χ4n) is 2.26. The van der Waals surface area contributed by atoms with E-state index in [0.717, 1.165) is 11.1 Å². The maximum atomic E-state index is 11.9. The van der Waals surface area contributed by atoms with Crippen LogP contribution < -0.4 is 24.8 Å². The van der Waals surface area contributed by atoms with Crippen molar-refractivity contribution in [1.29, 1.82) is 0 Å². The first-order valence-electron chi connectivity index (χ1n) is 7.52. The van der Waals surface area contributed by atoms with Crippen LogP contribution >= 0.6 is 0 Å². The van der Waals surface area contributed by atoms with E-state index in [4.69, 9.17) is 14.2 Å². The number of rotatable bonds is 7. The standard InChI is InChI=1S/C18H22N2O4/c1-22-15-9-14(10-16(23-2)17(15)24-3)12-20-18(21)19-11-13-7-5-4-6-8-13/h4-10H,11-12H2,1-3H3,(H2,19,20,21). The lowest BCUT2D eigenvalue weighted by Crippen LogP contribution is -2.34. The van der Waals surface area contributed by atoms with Crippen LogP contribution in [0, 0.1) is 0 Å². The van der Waals surface area contributed by atoms with Crippen LogP contribution in [0.25, 0.3) is 0 Å². The average molecular weight is 330 g/mol. The highest BCUT2D eigenvalue weighted by molar-refractivity contribution is 5.73. The zero-order chi connectivity index (χ0) is 17.4. The molecule has 0 fully saturated rings. The van der Waals surface area contributed by atoms with Crippen molar-refractivity contribution in [1.82, 2.24) is 10.6 Å². The van der Waals surface area contributed by atoms with Crippen LogP contribution in [-0.4, -0.2) is 27.4 Å². The van der Waals surface area contributed by atoms with Gasteiger partial charge in [-0.15, -0.1) is 0 Å². The van der Waals surface area contributed by atoms with E-state index in [1.807, 2.05) is 30.3 Å². The topological polar surface area (TPSA) is 68.8 Å². The molecule has 2 amide bonds. The molecular weight excluding hydrogens is 308 g/mol. The summed E-state index contributed by atoms with van der Waals surface area (Å²) in [6.07, 6.45) is 0. The maximum Gasteiger partial charge on any atom is 0.315 e. The molecule has 6 nitrogen and oxygen atoms in total. The summed E-state index contributed by atoms with van der Waals surface area (Å²) in [6, 6.07) is 13.1. The van der Waals surface area contributed by atoms with Gasteiger partial charge in [-0.1, -0.05) is 30.3 Å². The van der Waals surface area contributed by atoms with Crippen LogP contribution in [0.1, 0.15) is 11.1 Å². The molecule has 0 spiro atoms. The normalized spacial score (nSPS) is 9.96. The predicted molar refractivity (Wildman–Crippen MR) is 91.6 cm³/mol. The van der Waals surface area contributed by atoms with Gasteiger partial charge in [-0.2, -0.15) is 0 Å². The lowest BCUT2D eigenvalue weighted by atomic mass is 10.2. The molecular formula is C18H22N2O4. The van der Waals surface area contributed by atoms with Crippen LogP contribution in [-0.2, 0) is 13.1 Å². The van der Waals surface area contributed by atoms with Crippen molar-refractivity contribution in [3.63, 3.8) is 0 Å². The molecule has 0 aliphatic heterocycles. The summed E-state index contributed by atoms with van der Waals surface area (Å²) in [5.41, 5.74) is 1.89. The molecule has 0 bridgehead atoms. The zero-order valence-corrected chi connectivity index (χ0v) is 14.1. The van der Waals surface area contributed by atoms with Gasteiger partial charge in [0, 0.05) is 13.1 Å². The molecule has 0 heterocycles. The van der Waals surface area contributed by atoms with Crippen molar-refractivity contribution in [2.75, 3.05) is 21.3 Å². The Balaban J connectivity index is 1.94. The minimum Gasteiger partial charge on any atom is -0.493 e. The third-order valence-electron chi connectivity index (χ3n) is 3.47. The number of nitrogens with one attached hydrogen (secondary N) is 2. The summed E-state index contributed by atoms with van der Waals surface area (Å²) in [5, 5.41) is 5.62. The molecule has 0 saturated carbocycles. The van der Waals surface area contributed by atoms with Gasteiger partial charge in [0.15, 0.2) is 11.5 Å². The van der Waals surface area contributed by atoms with Gasteiger partial charge in [-0.25, -0.2) is 4.79 Å². The van der Waals surface area contributed by atoms with E-state index in [1.165, 1.54) is 0 Å². The summed E-state index contributed by atoms with van der Waals surface area (Å²) in [6.45, 7) is 0.819. The smallest absolute Gasteiger partial charge is 0.315 e. The highest BCUT2D eigenvalue weighted by Gasteiger charge is 2.13. The number of carbonyl (C=O) groups excluding carboxylic acids is 1. The Morgan fingerprint density at radius 3 is 1.88 bits per heavy atom. The summed E-state index contributed by atoms with van der Waals surface area (Å²) in [4.78, 5) is 11.9. The van der Waals surface area contributed by atoms with Crippen LogP contribution in [0.2, 0.25) is 0 Å². The monoisotopic (exact) mass is 330 g/mol. The molecule has 0 atom stereocenters. The van der Waals surface area contributed by atoms with Gasteiger partial charge in [0.05, 0.1) is 21.3 Å². The van der Waals surface area contributed by atoms with E-state index < -0.39 is 0 Å². The largest absolute Gasteiger partial charge is 0.493 e. The fourth-order valence-corrected chi connectivity index (χ4v) is 2.26. The lowest BCUT2D eigenvalue weighted by Gasteiger charge is -2.14. The summed E-state index contributed by atoms with van der Waals surface area (Å²) in [5.74, 6) is 1.63. The molecule has 24 heavy (non-hydrogen) atoms. The van der Waals surface area contributed by atoms with Crippen LogP contribution in [0.3, 0.4) is 0 Å². The number of methoxy groups -OCH3 is 3. The van der Waals surface area contributed by atoms with Crippen molar-refractivity contribution in [2.24, 2.45) is 0 Å². The molecule has 0 saturated heterocycles. The second-order valence-electron chi connectivity index (χ2n) is 5.06. The zero-order valence-electron chi connectivity index (χ0n) is 14.1. The van der Waals surface area contributed by atoms with E-state index in [2.05, 4.69) is 10.6 Å². The summed E-state index contributed by atoms with van der Waals surface area (Å²) >= 11 is 0. The minimum atomic E-state index is -0.243. The first kappa shape index (κ1) is 17.5. The van der Waals surface area contributed by atoms with Gasteiger partial charge in [-0.05, 0) is 23.3 Å². The fraction of sp³-hybridized carbons (Fsp3) is 0.278. The third-order valence-corrected chi connectivity index (χ3v) is 3.47. The third kappa shape index (κ3) is 4.55. The number of hydrogen-bond donors (Lipinski definition) is 2. The van der Waals surface area contributed by atoms with Crippen molar-refractivity contribution in [3.8, 4) is 17.2 Å². The second kappa shape index (κ2) is 8.67. The van der Waals surface area contributed by atoms with Crippen LogP contribution in [0.4, 0.5) is 4.79 Å². The van der Waals surface area contributed by atoms with E-state index in [1.54, 1.807) is 33.5 Å². The maximum absolute atomic E-state index is 11.9. The first-order valence-corrected chi connectivity index (χ1v) is 7.52. The van der Waals surface area contributed by atoms with E-state index in [9.17, 15) is 4.79 Å². The second-order valence-corrected chi connectivity index (χ2v) is 5.06. The van der Waals surface area contributed by atoms with Gasteiger partial charge in [0.25, 0.3) is 0 Å². The Morgan fingerprint density at radius 2 is 1.38 bits per heavy atom. The summed E-state index contributed by atoms with van der Waals surface area (Å²) < 4.78 is 15.9. The SMILES string of the molecule is COc1cc(CNC(=O)NCc2ccccc2)cc(OC)c1OC. The number of amides is 2. The highest BCUT2D eigenvalue weighted by Crippen LogP contribution is 2.38. The molecule has 0 aromatic heterocycles. The minimum absolute atomic E-state index is 0.243. The number of hydrogen-bond acceptors (Lipinski definition) is 4. The van der Waals surface area contributed by atoms with E-state index in [0.29, 0.717) is 30.3 Å². The molecule has 2 aromatic carbocycles. The molecule has 0 unspecified atom stereocenters. The molecule has 128 valence electrons. The number of ether oxygens (including phenoxy) is 3. The number of carbonyl (C=O) groups is 1. The summed E-state index contributed by atoms with van der Waals surface area (Å²) in [7, 11) is 4.66. The number of urea groups is 1. The van der Waals surface area contributed by atoms with Crippen molar-refractivity contribution in [3.05, 3.63) is 53.6 Å². The van der Waals surface area contributed by atoms with Gasteiger partial charge in [0.1, 0.15) is 0 Å². The molecule has 0 radical (unpaired) electrons. The van der Waals surface area contributed by atoms with E-state index in [-0.39, 0.29) is 6.03 Å². The first-order chi connectivity index (χ1) is 11.7. The molecule has 2 aromatic rings. The molecule has 6 heteroatoms. The van der Waals surface area contributed by atoms with Gasteiger partial charge >= 0.3 is 6.03 Å². The number of benzene rings is 2. The highest BCUT2D eigenvalue weighted by atomic mass is 16.5. The molecule has 2 rings (SSSR count). The Bertz CT molecular complexity index is 649. The predicted octanol–water partition coefficient (Wildman–Crippen LogP) is 2.71. The molecule has 2 N–H and O–H groups in total. The van der Waals surface area contributed by atoms with Gasteiger partial charge < -0.3 is 24.8 Å². The van der Waals surface area contributed by atoms with Crippen molar-refractivity contribution in [2.45, 2.75) is 13.1 Å². The van der Waals surface area contributed by atoms with E-state index >= 15 is 0 Å². The van der Waals surface area contributed by atoms with Gasteiger partial charge in [0.2, 0.25) is 5.75 Å². The molecule has 0 aliphatic rings.